The number of H-pyrrole nitrogens is 1. The molecule has 1 fully saturated rings. The van der Waals surface area contributed by atoms with Gasteiger partial charge in [-0.25, -0.2) is 0 Å². The van der Waals surface area contributed by atoms with E-state index in [1.165, 1.54) is 6.42 Å². The zero-order valence-corrected chi connectivity index (χ0v) is 24.2. The Kier molecular flexibility index (Phi) is 9.20. The summed E-state index contributed by atoms with van der Waals surface area (Å²) in [6, 6.07) is 28.2. The Balaban J connectivity index is 1.36. The highest BCUT2D eigenvalue weighted by Gasteiger charge is 2.35. The fourth-order valence-corrected chi connectivity index (χ4v) is 5.97. The van der Waals surface area contributed by atoms with Crippen LogP contribution in [0.4, 0.5) is 0 Å². The van der Waals surface area contributed by atoms with Gasteiger partial charge in [0.05, 0.1) is 11.6 Å². The highest BCUT2D eigenvalue weighted by Crippen LogP contribution is 2.25. The van der Waals surface area contributed by atoms with Crippen LogP contribution in [0.3, 0.4) is 0 Å². The molecular weight excluding hydrogens is 508 g/mol. The minimum Gasteiger partial charge on any atom is -0.361 e. The predicted molar refractivity (Wildman–Crippen MR) is 166 cm³/mol. The summed E-state index contributed by atoms with van der Waals surface area (Å²) in [6.45, 7) is 4.20. The van der Waals surface area contributed by atoms with Crippen molar-refractivity contribution in [2.45, 2.75) is 75.9 Å². The molecule has 0 unspecified atom stereocenters. The van der Waals surface area contributed by atoms with Crippen LogP contribution < -0.4 is 16.0 Å². The summed E-state index contributed by atoms with van der Waals surface area (Å²) in [5.41, 5.74) is 3.44. The van der Waals surface area contributed by atoms with Crippen LogP contribution in [-0.2, 0) is 16.0 Å². The van der Waals surface area contributed by atoms with Crippen molar-refractivity contribution in [3.63, 3.8) is 0 Å². The van der Waals surface area contributed by atoms with Crippen LogP contribution in [0.25, 0.3) is 10.9 Å². The molecule has 0 saturated heterocycles. The number of benzene rings is 3. The Morgan fingerprint density at radius 3 is 2.12 bits per heavy atom. The lowest BCUT2D eigenvalue weighted by atomic mass is 9.91. The van der Waals surface area contributed by atoms with Crippen LogP contribution in [0.1, 0.15) is 68.6 Å². The quantitative estimate of drug-likeness (QED) is 0.189. The number of rotatable bonds is 11. The maximum absolute atomic E-state index is 13.9. The van der Waals surface area contributed by atoms with Gasteiger partial charge in [0, 0.05) is 35.6 Å². The number of carbonyl (C=O) groups excluding carboxylic acids is 2. The van der Waals surface area contributed by atoms with Gasteiger partial charge in [0.1, 0.15) is 0 Å². The van der Waals surface area contributed by atoms with Crippen molar-refractivity contribution >= 4 is 22.7 Å². The molecule has 3 aromatic carbocycles. The highest BCUT2D eigenvalue weighted by atomic mass is 16.2. The summed E-state index contributed by atoms with van der Waals surface area (Å²) < 4.78 is 0. The van der Waals surface area contributed by atoms with Gasteiger partial charge < -0.3 is 15.6 Å². The van der Waals surface area contributed by atoms with Crippen molar-refractivity contribution in [1.29, 1.82) is 0 Å². The van der Waals surface area contributed by atoms with Gasteiger partial charge in [-0.2, -0.15) is 0 Å². The first-order valence-electron chi connectivity index (χ1n) is 14.9. The van der Waals surface area contributed by atoms with E-state index in [2.05, 4.69) is 51.3 Å². The number of aromatic amines is 1. The molecule has 41 heavy (non-hydrogen) atoms. The maximum atomic E-state index is 13.9. The number of nitrogens with one attached hydrogen (secondary N) is 4. The second-order valence-corrected chi connectivity index (χ2v) is 11.8. The average molecular weight is 551 g/mol. The van der Waals surface area contributed by atoms with Gasteiger partial charge in [0.15, 0.2) is 0 Å². The van der Waals surface area contributed by atoms with E-state index in [9.17, 15) is 9.59 Å². The largest absolute Gasteiger partial charge is 0.361 e. The first-order valence-corrected chi connectivity index (χ1v) is 14.9. The summed E-state index contributed by atoms with van der Waals surface area (Å²) in [5, 5.41) is 11.0. The molecule has 0 bridgehead atoms. The van der Waals surface area contributed by atoms with Crippen molar-refractivity contribution in [1.82, 2.24) is 20.9 Å². The van der Waals surface area contributed by atoms with Gasteiger partial charge in [-0.15, -0.1) is 0 Å². The third-order valence-electron chi connectivity index (χ3n) is 8.34. The molecule has 0 spiro atoms. The van der Waals surface area contributed by atoms with E-state index in [0.29, 0.717) is 13.0 Å². The fourth-order valence-electron chi connectivity index (χ4n) is 5.97. The first-order chi connectivity index (χ1) is 19.9. The number of carbonyl (C=O) groups is 2. The summed E-state index contributed by atoms with van der Waals surface area (Å²) in [5.74, 6) is -0.170. The molecular formula is C35H42N4O2. The van der Waals surface area contributed by atoms with Gasteiger partial charge in [-0.3, -0.25) is 14.9 Å². The molecule has 1 heterocycles. The number of fused-ring (bicyclic) bond motifs is 1. The number of amides is 2. The minimum atomic E-state index is -0.927. The van der Waals surface area contributed by atoms with Crippen molar-refractivity contribution in [2.75, 3.05) is 6.54 Å². The molecule has 4 aromatic rings. The Morgan fingerprint density at radius 1 is 0.854 bits per heavy atom. The van der Waals surface area contributed by atoms with Crippen LogP contribution in [0.5, 0.6) is 0 Å². The Morgan fingerprint density at radius 2 is 1.46 bits per heavy atom. The van der Waals surface area contributed by atoms with Gasteiger partial charge in [0.25, 0.3) is 0 Å². The van der Waals surface area contributed by atoms with Gasteiger partial charge in [-0.05, 0) is 55.9 Å². The molecule has 1 atom stereocenters. The molecule has 6 heteroatoms. The number of hydrogen-bond acceptors (Lipinski definition) is 3. The van der Waals surface area contributed by atoms with Crippen LogP contribution in [0, 0.1) is 0 Å². The summed E-state index contributed by atoms with van der Waals surface area (Å²) in [7, 11) is 0. The van der Waals surface area contributed by atoms with E-state index in [-0.39, 0.29) is 23.8 Å². The highest BCUT2D eigenvalue weighted by molar-refractivity contribution is 5.89. The second-order valence-electron chi connectivity index (χ2n) is 11.8. The smallest absolute Gasteiger partial charge is 0.239 e. The third-order valence-corrected chi connectivity index (χ3v) is 8.34. The number of aromatic nitrogens is 1. The predicted octanol–water partition coefficient (Wildman–Crippen LogP) is 5.84. The standard InChI is InChI=1S/C35H42N4O2/c1-35(2,34(41)38-28-18-10-5-11-19-28)39-32(22-27-23-36-31-21-13-12-20-29(27)31)33(40)37-24-30(25-14-6-3-7-15-25)26-16-8-4-9-17-26/h3-4,6-9,12-17,20-21,23,28,30,32,36,39H,5,10-11,18-19,22,24H2,1-2H3,(H,37,40)(H,38,41)/t32-/m0/s1. The third kappa shape index (κ3) is 7.25. The maximum Gasteiger partial charge on any atom is 0.239 e. The lowest BCUT2D eigenvalue weighted by molar-refractivity contribution is -0.129. The number of para-hydroxylation sites is 1. The van der Waals surface area contributed by atoms with E-state index in [0.717, 1.165) is 53.3 Å². The van der Waals surface area contributed by atoms with E-state index in [1.807, 2.05) is 74.6 Å². The Labute approximate surface area is 243 Å². The topological polar surface area (TPSA) is 86.0 Å². The van der Waals surface area contributed by atoms with Crippen LogP contribution >= 0.6 is 0 Å². The molecule has 0 aliphatic heterocycles. The minimum absolute atomic E-state index is 0.0118. The molecule has 4 N–H and O–H groups in total. The Bertz CT molecular complexity index is 1380. The fraction of sp³-hybridized carbons (Fsp3) is 0.371. The second kappa shape index (κ2) is 13.2. The van der Waals surface area contributed by atoms with Crippen LogP contribution in [0.2, 0.25) is 0 Å². The SMILES string of the molecule is CC(C)(N[C@@H](Cc1c[nH]c2ccccc12)C(=O)NCC(c1ccccc1)c1ccccc1)C(=O)NC1CCCCC1. The van der Waals surface area contributed by atoms with Crippen molar-refractivity contribution in [3.8, 4) is 0 Å². The van der Waals surface area contributed by atoms with E-state index in [1.54, 1.807) is 0 Å². The summed E-state index contributed by atoms with van der Waals surface area (Å²) in [4.78, 5) is 30.7. The first kappa shape index (κ1) is 28.6. The lowest BCUT2D eigenvalue weighted by Crippen LogP contribution is -2.61. The molecule has 0 radical (unpaired) electrons. The molecule has 214 valence electrons. The van der Waals surface area contributed by atoms with Gasteiger partial charge in [0.2, 0.25) is 11.8 Å². The van der Waals surface area contributed by atoms with Gasteiger partial charge >= 0.3 is 0 Å². The zero-order chi connectivity index (χ0) is 28.7. The zero-order valence-electron chi connectivity index (χ0n) is 24.2. The van der Waals surface area contributed by atoms with Crippen molar-refractivity contribution in [3.05, 3.63) is 108 Å². The average Bonchev–Trinajstić information content (AvgIpc) is 3.41. The molecule has 1 aliphatic rings. The monoisotopic (exact) mass is 550 g/mol. The molecule has 1 aromatic heterocycles. The van der Waals surface area contributed by atoms with E-state index < -0.39 is 11.6 Å². The molecule has 1 saturated carbocycles. The lowest BCUT2D eigenvalue weighted by Gasteiger charge is -2.33. The summed E-state index contributed by atoms with van der Waals surface area (Å²) >= 11 is 0. The van der Waals surface area contributed by atoms with E-state index >= 15 is 0 Å². The van der Waals surface area contributed by atoms with Crippen molar-refractivity contribution in [2.24, 2.45) is 0 Å². The molecule has 2 amide bonds. The van der Waals surface area contributed by atoms with Gasteiger partial charge in [-0.1, -0.05) is 98.1 Å². The van der Waals surface area contributed by atoms with Crippen LogP contribution in [-0.4, -0.2) is 41.0 Å². The number of hydrogen-bond donors (Lipinski definition) is 4. The molecule has 1 aliphatic carbocycles. The van der Waals surface area contributed by atoms with E-state index in [4.69, 9.17) is 0 Å². The van der Waals surface area contributed by atoms with Crippen molar-refractivity contribution < 1.29 is 9.59 Å². The normalized spacial score (nSPS) is 15.1. The molecule has 6 nitrogen and oxygen atoms in total. The van der Waals surface area contributed by atoms with Crippen LogP contribution in [0.15, 0.2) is 91.1 Å². The molecule has 5 rings (SSSR count). The summed E-state index contributed by atoms with van der Waals surface area (Å²) in [6.07, 6.45) is 7.98. The Hall–Kier alpha value is -3.90.